The summed E-state index contributed by atoms with van der Waals surface area (Å²) in [6.07, 6.45) is 1.86. The van der Waals surface area contributed by atoms with E-state index in [4.69, 9.17) is 11.6 Å². The molecule has 0 saturated carbocycles. The highest BCUT2D eigenvalue weighted by molar-refractivity contribution is 7.16. The molecular weight excluding hydrogens is 472 g/mol. The summed E-state index contributed by atoms with van der Waals surface area (Å²) in [7, 11) is 0. The van der Waals surface area contributed by atoms with Gasteiger partial charge >= 0.3 is 5.97 Å². The number of ketones is 1. The van der Waals surface area contributed by atoms with Crippen LogP contribution in [0, 0.1) is 0 Å². The lowest BCUT2D eigenvalue weighted by molar-refractivity contribution is -0.143. The summed E-state index contributed by atoms with van der Waals surface area (Å²) in [6.45, 7) is 1.91. The molecule has 34 heavy (non-hydrogen) atoms. The minimum atomic E-state index is -0.936. The summed E-state index contributed by atoms with van der Waals surface area (Å²) in [5, 5.41) is 13.6. The van der Waals surface area contributed by atoms with E-state index < -0.39 is 12.0 Å². The number of benzene rings is 2. The molecule has 3 aromatic rings. The lowest BCUT2D eigenvalue weighted by Crippen LogP contribution is -2.42. The summed E-state index contributed by atoms with van der Waals surface area (Å²) in [5.74, 6) is -1.48. The first kappa shape index (κ1) is 24.1. The molecule has 1 amide bonds. The van der Waals surface area contributed by atoms with Gasteiger partial charge < -0.3 is 10.4 Å². The maximum absolute atomic E-state index is 13.1. The van der Waals surface area contributed by atoms with Crippen molar-refractivity contribution >= 4 is 45.6 Å². The van der Waals surface area contributed by atoms with E-state index >= 15 is 0 Å². The number of amides is 1. The third-order valence-corrected chi connectivity index (χ3v) is 7.49. The standard InChI is InChI=1S/C26H25ClN2O4S/c1-2-19-14-20(24(31)17-8-10-18(27)11-9-17)25(34-19)28-23(30)15-29-21(12-13-22(29)26(32)33)16-6-4-3-5-7-16/h3-11,14,21-22H,2,12-13,15H2,1H3,(H,28,30)(H,32,33). The molecule has 1 fully saturated rings. The molecule has 1 aromatic heterocycles. The second kappa shape index (κ2) is 10.5. The molecule has 2 aromatic carbocycles. The smallest absolute Gasteiger partial charge is 0.320 e. The van der Waals surface area contributed by atoms with Gasteiger partial charge in [-0.05, 0) is 55.2 Å². The van der Waals surface area contributed by atoms with Crippen LogP contribution >= 0.6 is 22.9 Å². The molecule has 6 nitrogen and oxygen atoms in total. The Labute approximate surface area is 207 Å². The Morgan fingerprint density at radius 1 is 1.09 bits per heavy atom. The van der Waals surface area contributed by atoms with Crippen molar-refractivity contribution in [2.75, 3.05) is 11.9 Å². The fourth-order valence-corrected chi connectivity index (χ4v) is 5.49. The van der Waals surface area contributed by atoms with E-state index in [9.17, 15) is 19.5 Å². The van der Waals surface area contributed by atoms with Crippen molar-refractivity contribution in [3.05, 3.63) is 87.3 Å². The lowest BCUT2D eigenvalue weighted by atomic mass is 10.0. The zero-order valence-electron chi connectivity index (χ0n) is 18.7. The van der Waals surface area contributed by atoms with E-state index in [0.29, 0.717) is 34.0 Å². The fourth-order valence-electron chi connectivity index (χ4n) is 4.35. The molecule has 0 bridgehead atoms. The van der Waals surface area contributed by atoms with Gasteiger partial charge in [0.05, 0.1) is 12.1 Å². The minimum absolute atomic E-state index is 0.0789. The topological polar surface area (TPSA) is 86.7 Å². The van der Waals surface area contributed by atoms with Gasteiger partial charge in [-0.25, -0.2) is 0 Å². The number of anilines is 1. The van der Waals surface area contributed by atoms with Crippen molar-refractivity contribution in [2.24, 2.45) is 0 Å². The van der Waals surface area contributed by atoms with Crippen LogP contribution in [-0.2, 0) is 16.0 Å². The number of carbonyl (C=O) groups excluding carboxylic acids is 2. The highest BCUT2D eigenvalue weighted by Gasteiger charge is 2.39. The molecule has 1 aliphatic rings. The predicted octanol–water partition coefficient (Wildman–Crippen LogP) is 5.42. The van der Waals surface area contributed by atoms with Crippen LogP contribution < -0.4 is 5.32 Å². The van der Waals surface area contributed by atoms with Crippen LogP contribution in [0.4, 0.5) is 5.00 Å². The number of nitrogens with zero attached hydrogens (tertiary/aromatic N) is 1. The molecule has 1 saturated heterocycles. The molecule has 0 aliphatic carbocycles. The first-order valence-electron chi connectivity index (χ1n) is 11.1. The van der Waals surface area contributed by atoms with Gasteiger partial charge in [-0.3, -0.25) is 19.3 Å². The number of hydrogen-bond donors (Lipinski definition) is 2. The number of thiophene rings is 1. The largest absolute Gasteiger partial charge is 0.480 e. The third kappa shape index (κ3) is 5.22. The molecule has 2 heterocycles. The van der Waals surface area contributed by atoms with Crippen LogP contribution in [0.5, 0.6) is 0 Å². The van der Waals surface area contributed by atoms with Gasteiger partial charge in [-0.2, -0.15) is 0 Å². The van der Waals surface area contributed by atoms with Gasteiger partial charge in [-0.15, -0.1) is 11.3 Å². The number of aryl methyl sites for hydroxylation is 1. The maximum Gasteiger partial charge on any atom is 0.320 e. The minimum Gasteiger partial charge on any atom is -0.480 e. The van der Waals surface area contributed by atoms with Crippen molar-refractivity contribution in [2.45, 2.75) is 38.3 Å². The van der Waals surface area contributed by atoms with Crippen molar-refractivity contribution in [1.29, 1.82) is 0 Å². The molecule has 2 atom stereocenters. The Hall–Kier alpha value is -3.00. The quantitative estimate of drug-likeness (QED) is 0.406. The van der Waals surface area contributed by atoms with Crippen LogP contribution in [0.25, 0.3) is 0 Å². The number of halogens is 1. The molecule has 8 heteroatoms. The summed E-state index contributed by atoms with van der Waals surface area (Å²) < 4.78 is 0. The zero-order valence-corrected chi connectivity index (χ0v) is 20.2. The number of rotatable bonds is 8. The normalized spacial score (nSPS) is 18.1. The fraction of sp³-hybridized carbons (Fsp3) is 0.269. The number of nitrogens with one attached hydrogen (secondary N) is 1. The van der Waals surface area contributed by atoms with E-state index in [2.05, 4.69) is 5.32 Å². The third-order valence-electron chi connectivity index (χ3n) is 6.05. The first-order valence-corrected chi connectivity index (χ1v) is 12.3. The average Bonchev–Trinajstić information content (AvgIpc) is 3.44. The molecule has 0 radical (unpaired) electrons. The lowest BCUT2D eigenvalue weighted by Gasteiger charge is -2.27. The molecule has 2 N–H and O–H groups in total. The van der Waals surface area contributed by atoms with E-state index in [1.165, 1.54) is 11.3 Å². The van der Waals surface area contributed by atoms with Crippen LogP contribution in [0.1, 0.15) is 52.2 Å². The average molecular weight is 497 g/mol. The highest BCUT2D eigenvalue weighted by atomic mass is 35.5. The Morgan fingerprint density at radius 3 is 2.44 bits per heavy atom. The SMILES string of the molecule is CCc1cc(C(=O)c2ccc(Cl)cc2)c(NC(=O)CN2C(C(=O)O)CCC2c2ccccc2)s1. The van der Waals surface area contributed by atoms with Crippen molar-refractivity contribution in [1.82, 2.24) is 4.90 Å². The van der Waals surface area contributed by atoms with Crippen molar-refractivity contribution in [3.63, 3.8) is 0 Å². The van der Waals surface area contributed by atoms with Crippen LogP contribution in [0.15, 0.2) is 60.7 Å². The second-order valence-corrected chi connectivity index (χ2v) is 9.80. The Balaban J connectivity index is 1.56. The predicted molar refractivity (Wildman–Crippen MR) is 134 cm³/mol. The molecule has 1 aliphatic heterocycles. The number of carboxylic acid groups (broad SMARTS) is 1. The Bertz CT molecular complexity index is 1190. The highest BCUT2D eigenvalue weighted by Crippen LogP contribution is 2.36. The van der Waals surface area contributed by atoms with E-state index in [0.717, 1.165) is 16.9 Å². The van der Waals surface area contributed by atoms with Gasteiger partial charge in [0.15, 0.2) is 5.78 Å². The van der Waals surface area contributed by atoms with Crippen LogP contribution in [0.2, 0.25) is 5.02 Å². The number of likely N-dealkylation sites (tertiary alicyclic amines) is 1. The van der Waals surface area contributed by atoms with E-state index in [-0.39, 0.29) is 24.3 Å². The zero-order chi connectivity index (χ0) is 24.2. The van der Waals surface area contributed by atoms with Crippen LogP contribution in [0.3, 0.4) is 0 Å². The summed E-state index contributed by atoms with van der Waals surface area (Å²) in [5.41, 5.74) is 1.89. The maximum atomic E-state index is 13.1. The van der Waals surface area contributed by atoms with Crippen molar-refractivity contribution in [3.8, 4) is 0 Å². The van der Waals surface area contributed by atoms with Gasteiger partial charge in [0.25, 0.3) is 0 Å². The van der Waals surface area contributed by atoms with Crippen molar-refractivity contribution < 1.29 is 19.5 Å². The van der Waals surface area contributed by atoms with Crippen LogP contribution in [-0.4, -0.2) is 40.3 Å². The first-order chi connectivity index (χ1) is 16.4. The number of carbonyl (C=O) groups is 3. The van der Waals surface area contributed by atoms with Gasteiger partial charge in [0.1, 0.15) is 11.0 Å². The monoisotopic (exact) mass is 496 g/mol. The van der Waals surface area contributed by atoms with Gasteiger partial charge in [0.2, 0.25) is 5.91 Å². The second-order valence-electron chi connectivity index (χ2n) is 8.22. The molecule has 2 unspecified atom stereocenters. The number of aliphatic carboxylic acids is 1. The summed E-state index contributed by atoms with van der Waals surface area (Å²) in [6, 6.07) is 17.2. The summed E-state index contributed by atoms with van der Waals surface area (Å²) >= 11 is 7.31. The van der Waals surface area contributed by atoms with Gasteiger partial charge in [-0.1, -0.05) is 48.9 Å². The summed E-state index contributed by atoms with van der Waals surface area (Å²) in [4.78, 5) is 40.8. The molecular formula is C26H25ClN2O4S. The molecule has 0 spiro atoms. The molecule has 176 valence electrons. The Morgan fingerprint density at radius 2 is 1.79 bits per heavy atom. The number of carboxylic acids is 1. The van der Waals surface area contributed by atoms with Gasteiger partial charge in [0, 0.05) is 21.5 Å². The molecule has 4 rings (SSSR count). The Kier molecular flexibility index (Phi) is 7.46. The van der Waals surface area contributed by atoms with E-state index in [1.54, 1.807) is 35.2 Å². The number of hydrogen-bond acceptors (Lipinski definition) is 5. The van der Waals surface area contributed by atoms with E-state index in [1.807, 2.05) is 37.3 Å².